The van der Waals surface area contributed by atoms with Crippen molar-refractivity contribution in [2.75, 3.05) is 11.9 Å². The van der Waals surface area contributed by atoms with E-state index in [1.54, 1.807) is 49.4 Å². The number of hydrogen-bond donors (Lipinski definition) is 1. The third-order valence-electron chi connectivity index (χ3n) is 4.67. The largest absolute Gasteiger partial charge is 0.483 e. The van der Waals surface area contributed by atoms with E-state index in [-0.39, 0.29) is 18.1 Å². The van der Waals surface area contributed by atoms with Gasteiger partial charge in [-0.15, -0.1) is 0 Å². The quantitative estimate of drug-likeness (QED) is 0.358. The van der Waals surface area contributed by atoms with Crippen LogP contribution in [0.5, 0.6) is 5.75 Å². The van der Waals surface area contributed by atoms with Crippen molar-refractivity contribution in [2.45, 2.75) is 6.92 Å². The van der Waals surface area contributed by atoms with E-state index >= 15 is 0 Å². The maximum absolute atomic E-state index is 12.9. The molecule has 0 aliphatic heterocycles. The molecule has 1 N–H and O–H groups in total. The molecular formula is C24H18BrClN4O3. The van der Waals surface area contributed by atoms with Gasteiger partial charge >= 0.3 is 0 Å². The van der Waals surface area contributed by atoms with Crippen molar-refractivity contribution in [1.29, 1.82) is 0 Å². The molecule has 0 saturated carbocycles. The second-order valence-electron chi connectivity index (χ2n) is 7.07. The molecule has 4 rings (SSSR count). The molecule has 0 aliphatic rings. The van der Waals surface area contributed by atoms with E-state index < -0.39 is 0 Å². The van der Waals surface area contributed by atoms with Gasteiger partial charge in [0, 0.05) is 20.7 Å². The molecule has 0 unspecified atom stereocenters. The van der Waals surface area contributed by atoms with Crippen molar-refractivity contribution in [3.8, 4) is 5.75 Å². The summed E-state index contributed by atoms with van der Waals surface area (Å²) in [6.07, 6.45) is 1.45. The van der Waals surface area contributed by atoms with Gasteiger partial charge in [-0.2, -0.15) is 9.78 Å². The summed E-state index contributed by atoms with van der Waals surface area (Å²) in [5.41, 5.74) is 1.47. The molecule has 33 heavy (non-hydrogen) atoms. The Hall–Kier alpha value is -3.49. The highest BCUT2D eigenvalue weighted by molar-refractivity contribution is 9.10. The molecule has 0 fully saturated rings. The van der Waals surface area contributed by atoms with Crippen LogP contribution in [0.3, 0.4) is 0 Å². The first kappa shape index (κ1) is 22.7. The topological polar surface area (TPSA) is 85.6 Å². The van der Waals surface area contributed by atoms with Crippen molar-refractivity contribution >= 4 is 56.2 Å². The van der Waals surface area contributed by atoms with Gasteiger partial charge in [-0.3, -0.25) is 9.59 Å². The number of halogens is 2. The number of para-hydroxylation sites is 1. The maximum atomic E-state index is 12.9. The summed E-state index contributed by atoms with van der Waals surface area (Å²) in [6, 6.07) is 19.3. The molecule has 0 radical (unpaired) electrons. The number of carbonyl (C=O) groups is 1. The number of carbonyl (C=O) groups excluding carboxylic acids is 1. The van der Waals surface area contributed by atoms with Crippen LogP contribution in [0, 0.1) is 6.92 Å². The first-order valence-corrected chi connectivity index (χ1v) is 11.1. The molecule has 0 atom stereocenters. The second kappa shape index (κ2) is 9.97. The van der Waals surface area contributed by atoms with Crippen LogP contribution in [0.25, 0.3) is 10.9 Å². The molecule has 1 aromatic heterocycles. The van der Waals surface area contributed by atoms with E-state index in [4.69, 9.17) is 16.3 Å². The molecule has 0 aliphatic carbocycles. The molecule has 166 valence electrons. The Morgan fingerprint density at radius 3 is 2.76 bits per heavy atom. The Morgan fingerprint density at radius 2 is 1.97 bits per heavy atom. The predicted octanol–water partition coefficient (Wildman–Crippen LogP) is 5.02. The average Bonchev–Trinajstić information content (AvgIpc) is 2.79. The smallest absolute Gasteiger partial charge is 0.282 e. The number of aryl methyl sites for hydroxylation is 1. The van der Waals surface area contributed by atoms with E-state index in [1.807, 2.05) is 24.3 Å². The third kappa shape index (κ3) is 5.47. The van der Waals surface area contributed by atoms with E-state index in [9.17, 15) is 9.59 Å². The molecule has 9 heteroatoms. The van der Waals surface area contributed by atoms with Gasteiger partial charge in [0.2, 0.25) is 0 Å². The highest BCUT2D eigenvalue weighted by atomic mass is 79.9. The molecule has 1 heterocycles. The third-order valence-corrected chi connectivity index (χ3v) is 5.40. The summed E-state index contributed by atoms with van der Waals surface area (Å²) >= 11 is 9.52. The number of nitrogens with one attached hydrogen (secondary N) is 1. The summed E-state index contributed by atoms with van der Waals surface area (Å²) < 4.78 is 7.67. The lowest BCUT2D eigenvalue weighted by molar-refractivity contribution is -0.118. The van der Waals surface area contributed by atoms with Crippen molar-refractivity contribution in [1.82, 2.24) is 9.66 Å². The van der Waals surface area contributed by atoms with Gasteiger partial charge in [-0.25, -0.2) is 4.98 Å². The summed E-state index contributed by atoms with van der Waals surface area (Å²) in [5.74, 6) is 0.516. The lowest BCUT2D eigenvalue weighted by Gasteiger charge is -2.10. The van der Waals surface area contributed by atoms with Gasteiger partial charge in [-0.1, -0.05) is 45.7 Å². The maximum Gasteiger partial charge on any atom is 0.282 e. The van der Waals surface area contributed by atoms with Gasteiger partial charge in [-0.05, 0) is 55.5 Å². The number of nitrogens with zero attached hydrogens (tertiary/aromatic N) is 3. The average molecular weight is 526 g/mol. The fourth-order valence-corrected chi connectivity index (χ4v) is 3.67. The lowest BCUT2D eigenvalue weighted by Crippen LogP contribution is -2.21. The molecule has 7 nitrogen and oxygen atoms in total. The standard InChI is InChI=1S/C24H18BrClN4O3/c1-15-28-21-9-7-17(25)12-20(21)24(32)30(15)27-13-16-11-18(26)8-10-22(16)33-14-23(31)29-19-5-3-2-4-6-19/h2-13H,14H2,1H3,(H,29,31). The van der Waals surface area contributed by atoms with Crippen LogP contribution in [0.4, 0.5) is 5.69 Å². The first-order valence-electron chi connectivity index (χ1n) is 9.91. The minimum atomic E-state index is -0.310. The monoisotopic (exact) mass is 524 g/mol. The number of benzene rings is 3. The van der Waals surface area contributed by atoms with Crippen LogP contribution in [-0.2, 0) is 4.79 Å². The van der Waals surface area contributed by atoms with Crippen LogP contribution < -0.4 is 15.6 Å². The second-order valence-corrected chi connectivity index (χ2v) is 8.42. The van der Waals surface area contributed by atoms with Gasteiger partial charge in [0.05, 0.1) is 17.1 Å². The Labute approximate surface area is 202 Å². The highest BCUT2D eigenvalue weighted by Gasteiger charge is 2.10. The van der Waals surface area contributed by atoms with Crippen LogP contribution in [0.1, 0.15) is 11.4 Å². The summed E-state index contributed by atoms with van der Waals surface area (Å²) in [6.45, 7) is 1.49. The molecule has 1 amide bonds. The van der Waals surface area contributed by atoms with Gasteiger partial charge in [0.25, 0.3) is 11.5 Å². The summed E-state index contributed by atoms with van der Waals surface area (Å²) in [4.78, 5) is 29.6. The van der Waals surface area contributed by atoms with Crippen molar-refractivity contribution in [3.05, 3.63) is 98.0 Å². The summed E-state index contributed by atoms with van der Waals surface area (Å²) in [7, 11) is 0. The Balaban J connectivity index is 1.58. The van der Waals surface area contributed by atoms with Crippen LogP contribution in [0.2, 0.25) is 5.02 Å². The molecule has 0 bridgehead atoms. The van der Waals surface area contributed by atoms with Gasteiger partial charge < -0.3 is 10.1 Å². The normalized spacial score (nSPS) is 11.1. The van der Waals surface area contributed by atoms with Crippen LogP contribution in [0.15, 0.2) is 81.1 Å². The zero-order chi connectivity index (χ0) is 23.4. The van der Waals surface area contributed by atoms with Gasteiger partial charge in [0.1, 0.15) is 11.6 Å². The molecule has 0 saturated heterocycles. The van der Waals surface area contributed by atoms with E-state index in [0.717, 1.165) is 4.47 Å². The first-order chi connectivity index (χ1) is 15.9. The highest BCUT2D eigenvalue weighted by Crippen LogP contribution is 2.22. The van der Waals surface area contributed by atoms with Crippen LogP contribution >= 0.6 is 27.5 Å². The minimum Gasteiger partial charge on any atom is -0.483 e. The Bertz CT molecular complexity index is 1420. The number of aromatic nitrogens is 2. The number of ether oxygens (including phenoxy) is 1. The molecule has 0 spiro atoms. The Morgan fingerprint density at radius 1 is 1.18 bits per heavy atom. The van der Waals surface area contributed by atoms with E-state index in [2.05, 4.69) is 31.3 Å². The summed E-state index contributed by atoms with van der Waals surface area (Å²) in [5, 5.41) is 7.97. The number of rotatable bonds is 6. The SMILES string of the molecule is Cc1nc2ccc(Br)cc2c(=O)n1N=Cc1cc(Cl)ccc1OCC(=O)Nc1ccccc1. The van der Waals surface area contributed by atoms with Gasteiger partial charge in [0.15, 0.2) is 6.61 Å². The van der Waals surface area contributed by atoms with E-state index in [1.165, 1.54) is 10.9 Å². The van der Waals surface area contributed by atoms with Crippen molar-refractivity contribution < 1.29 is 9.53 Å². The molecule has 3 aromatic carbocycles. The fraction of sp³-hybridized carbons (Fsp3) is 0.0833. The van der Waals surface area contributed by atoms with E-state index in [0.29, 0.717) is 38.8 Å². The minimum absolute atomic E-state index is 0.206. The zero-order valence-electron chi connectivity index (χ0n) is 17.5. The van der Waals surface area contributed by atoms with Crippen LogP contribution in [-0.4, -0.2) is 28.4 Å². The number of anilines is 1. The Kier molecular flexibility index (Phi) is 6.86. The molecule has 4 aromatic rings. The number of amides is 1. The fourth-order valence-electron chi connectivity index (χ4n) is 3.13. The number of fused-ring (bicyclic) bond motifs is 1. The zero-order valence-corrected chi connectivity index (χ0v) is 19.8. The van der Waals surface area contributed by atoms with Crippen molar-refractivity contribution in [3.63, 3.8) is 0 Å². The lowest BCUT2D eigenvalue weighted by atomic mass is 10.2. The predicted molar refractivity (Wildman–Crippen MR) is 133 cm³/mol. The molecular weight excluding hydrogens is 508 g/mol. The van der Waals surface area contributed by atoms with Crippen molar-refractivity contribution in [2.24, 2.45) is 5.10 Å². The number of hydrogen-bond acceptors (Lipinski definition) is 5.